The van der Waals surface area contributed by atoms with Gasteiger partial charge in [0, 0.05) is 5.02 Å². The number of para-hydroxylation sites is 1. The molecule has 1 amide bonds. The minimum absolute atomic E-state index is 0.0424. The summed E-state index contributed by atoms with van der Waals surface area (Å²) in [5.74, 6) is -0.589. The molecule has 0 spiro atoms. The van der Waals surface area contributed by atoms with E-state index >= 15 is 0 Å². The maximum atomic E-state index is 13.4. The number of rotatable bonds is 6. The Hall–Kier alpha value is -3.16. The minimum Gasteiger partial charge on any atom is -0.349 e. The second kappa shape index (κ2) is 9.54. The van der Waals surface area contributed by atoms with Crippen molar-refractivity contribution < 1.29 is 9.18 Å². The van der Waals surface area contributed by atoms with Crippen LogP contribution in [0.3, 0.4) is 0 Å². The Kier molecular flexibility index (Phi) is 6.58. The number of fused-ring (bicyclic) bond motifs is 1. The molecule has 1 N–H and O–H groups in total. The number of thioether (sulfide) groups is 1. The van der Waals surface area contributed by atoms with Crippen molar-refractivity contribution in [2.75, 3.05) is 5.75 Å². The largest absolute Gasteiger partial charge is 0.349 e. The number of carbonyl (C=O) groups excluding carboxylic acids is 1. The zero-order chi connectivity index (χ0) is 22.7. The first-order chi connectivity index (χ1) is 15.4. The monoisotopic (exact) mass is 467 g/mol. The standard InChI is InChI=1S/C24H19ClFN3O2S/c1-15(18-6-2-4-8-20(18)25)27-22(30)14-32-24-28-21-9-5-3-7-19(21)23(31)29(24)17-12-10-16(26)11-13-17/h2-13,15H,14H2,1H3,(H,27,30). The Balaban J connectivity index is 1.61. The number of halogens is 2. The molecule has 5 nitrogen and oxygen atoms in total. The van der Waals surface area contributed by atoms with Gasteiger partial charge in [-0.3, -0.25) is 14.2 Å². The van der Waals surface area contributed by atoms with E-state index in [1.54, 1.807) is 30.3 Å². The van der Waals surface area contributed by atoms with Gasteiger partial charge in [-0.25, -0.2) is 9.37 Å². The van der Waals surface area contributed by atoms with Crippen LogP contribution in [-0.4, -0.2) is 21.2 Å². The molecule has 1 atom stereocenters. The fraction of sp³-hybridized carbons (Fsp3) is 0.125. The van der Waals surface area contributed by atoms with Gasteiger partial charge in [-0.05, 0) is 55.0 Å². The molecule has 0 saturated heterocycles. The van der Waals surface area contributed by atoms with Crippen molar-refractivity contribution in [1.82, 2.24) is 14.9 Å². The lowest BCUT2D eigenvalue weighted by Gasteiger charge is -2.16. The molecule has 1 unspecified atom stereocenters. The van der Waals surface area contributed by atoms with Crippen molar-refractivity contribution in [2.45, 2.75) is 18.1 Å². The first kappa shape index (κ1) is 22.0. The molecular weight excluding hydrogens is 449 g/mol. The zero-order valence-corrected chi connectivity index (χ0v) is 18.7. The first-order valence-electron chi connectivity index (χ1n) is 9.88. The minimum atomic E-state index is -0.405. The van der Waals surface area contributed by atoms with Crippen LogP contribution in [0.2, 0.25) is 5.02 Å². The Morgan fingerprint density at radius 2 is 1.78 bits per heavy atom. The van der Waals surface area contributed by atoms with Crippen LogP contribution in [0.15, 0.2) is 82.7 Å². The van der Waals surface area contributed by atoms with E-state index in [9.17, 15) is 14.0 Å². The number of nitrogens with one attached hydrogen (secondary N) is 1. The highest BCUT2D eigenvalue weighted by molar-refractivity contribution is 7.99. The van der Waals surface area contributed by atoms with Crippen molar-refractivity contribution in [3.05, 3.63) is 99.6 Å². The normalized spacial score (nSPS) is 12.0. The van der Waals surface area contributed by atoms with E-state index in [4.69, 9.17) is 11.6 Å². The summed E-state index contributed by atoms with van der Waals surface area (Å²) in [6.07, 6.45) is 0. The molecule has 0 aliphatic heterocycles. The van der Waals surface area contributed by atoms with Gasteiger partial charge in [-0.1, -0.05) is 53.7 Å². The summed E-state index contributed by atoms with van der Waals surface area (Å²) in [6.45, 7) is 1.85. The van der Waals surface area contributed by atoms with Gasteiger partial charge in [-0.15, -0.1) is 0 Å². The molecule has 8 heteroatoms. The second-order valence-corrected chi connectivity index (χ2v) is 8.48. The number of amides is 1. The Morgan fingerprint density at radius 1 is 1.09 bits per heavy atom. The molecule has 32 heavy (non-hydrogen) atoms. The molecule has 4 aromatic rings. The molecule has 3 aromatic carbocycles. The molecule has 0 aliphatic rings. The van der Waals surface area contributed by atoms with Crippen molar-refractivity contribution in [3.63, 3.8) is 0 Å². The summed E-state index contributed by atoms with van der Waals surface area (Å²) >= 11 is 7.35. The van der Waals surface area contributed by atoms with Gasteiger partial charge in [0.15, 0.2) is 5.16 Å². The molecule has 0 bridgehead atoms. The SMILES string of the molecule is CC(NC(=O)CSc1nc2ccccc2c(=O)n1-c1ccc(F)cc1)c1ccccc1Cl. The molecule has 0 aliphatic carbocycles. The number of hydrogen-bond acceptors (Lipinski definition) is 4. The summed E-state index contributed by atoms with van der Waals surface area (Å²) in [4.78, 5) is 30.4. The number of hydrogen-bond donors (Lipinski definition) is 1. The third-order valence-electron chi connectivity index (χ3n) is 4.91. The van der Waals surface area contributed by atoms with Gasteiger partial charge in [0.1, 0.15) is 5.82 Å². The quantitative estimate of drug-likeness (QED) is 0.315. The number of benzene rings is 3. The molecular formula is C24H19ClFN3O2S. The van der Waals surface area contributed by atoms with Crippen LogP contribution in [0.1, 0.15) is 18.5 Å². The van der Waals surface area contributed by atoms with Crippen molar-refractivity contribution in [2.24, 2.45) is 0 Å². The van der Waals surface area contributed by atoms with Crippen LogP contribution < -0.4 is 10.9 Å². The number of aromatic nitrogens is 2. The van der Waals surface area contributed by atoms with Crippen LogP contribution in [0.4, 0.5) is 4.39 Å². The summed E-state index contributed by atoms with van der Waals surface area (Å²) in [6, 6.07) is 19.6. The van der Waals surface area contributed by atoms with Crippen LogP contribution >= 0.6 is 23.4 Å². The fourth-order valence-electron chi connectivity index (χ4n) is 3.34. The average molecular weight is 468 g/mol. The highest BCUT2D eigenvalue weighted by atomic mass is 35.5. The lowest BCUT2D eigenvalue weighted by atomic mass is 10.1. The maximum absolute atomic E-state index is 13.4. The average Bonchev–Trinajstić information content (AvgIpc) is 2.79. The first-order valence-corrected chi connectivity index (χ1v) is 11.2. The summed E-state index contributed by atoms with van der Waals surface area (Å²) in [5.41, 5.74) is 1.54. The Morgan fingerprint density at radius 3 is 2.53 bits per heavy atom. The van der Waals surface area contributed by atoms with Crippen LogP contribution in [0, 0.1) is 5.82 Å². The van der Waals surface area contributed by atoms with Crippen LogP contribution in [-0.2, 0) is 4.79 Å². The van der Waals surface area contributed by atoms with Crippen molar-refractivity contribution in [3.8, 4) is 5.69 Å². The summed E-state index contributed by atoms with van der Waals surface area (Å²) in [5, 5.41) is 4.29. The highest BCUT2D eigenvalue weighted by Crippen LogP contribution is 2.24. The van der Waals surface area contributed by atoms with E-state index in [0.717, 1.165) is 17.3 Å². The summed E-state index contributed by atoms with van der Waals surface area (Å²) < 4.78 is 14.8. The molecule has 4 rings (SSSR count). The molecule has 1 aromatic heterocycles. The topological polar surface area (TPSA) is 64.0 Å². The molecule has 0 saturated carbocycles. The Bertz CT molecular complexity index is 1340. The third kappa shape index (κ3) is 4.69. The van der Waals surface area contributed by atoms with Gasteiger partial charge in [0.25, 0.3) is 5.56 Å². The van der Waals surface area contributed by atoms with Crippen molar-refractivity contribution in [1.29, 1.82) is 0 Å². The van der Waals surface area contributed by atoms with Gasteiger partial charge in [0.2, 0.25) is 5.91 Å². The van der Waals surface area contributed by atoms with Gasteiger partial charge >= 0.3 is 0 Å². The van der Waals surface area contributed by atoms with Crippen molar-refractivity contribution >= 4 is 40.2 Å². The second-order valence-electron chi connectivity index (χ2n) is 7.13. The predicted octanol–water partition coefficient (Wildman–Crippen LogP) is 5.15. The van der Waals surface area contributed by atoms with Gasteiger partial charge < -0.3 is 5.32 Å². The van der Waals surface area contributed by atoms with Crippen LogP contribution in [0.5, 0.6) is 0 Å². The molecule has 162 valence electrons. The number of nitrogens with zero attached hydrogens (tertiary/aromatic N) is 2. The highest BCUT2D eigenvalue weighted by Gasteiger charge is 2.17. The van der Waals surface area contributed by atoms with Crippen LogP contribution in [0.25, 0.3) is 16.6 Å². The zero-order valence-electron chi connectivity index (χ0n) is 17.1. The maximum Gasteiger partial charge on any atom is 0.266 e. The van der Waals surface area contributed by atoms with E-state index in [-0.39, 0.29) is 23.3 Å². The van der Waals surface area contributed by atoms with Gasteiger partial charge in [-0.2, -0.15) is 0 Å². The van der Waals surface area contributed by atoms with E-state index in [1.165, 1.54) is 28.8 Å². The molecule has 0 radical (unpaired) electrons. The Labute approximate surface area is 193 Å². The van der Waals surface area contributed by atoms with E-state index in [2.05, 4.69) is 10.3 Å². The van der Waals surface area contributed by atoms with E-state index < -0.39 is 5.82 Å². The molecule has 1 heterocycles. The smallest absolute Gasteiger partial charge is 0.266 e. The van der Waals surface area contributed by atoms with E-state index in [1.807, 2.05) is 25.1 Å². The molecule has 0 fully saturated rings. The lowest BCUT2D eigenvalue weighted by Crippen LogP contribution is -2.29. The van der Waals surface area contributed by atoms with E-state index in [0.29, 0.717) is 26.8 Å². The fourth-order valence-corrected chi connectivity index (χ4v) is 4.47. The predicted molar refractivity (Wildman–Crippen MR) is 126 cm³/mol. The lowest BCUT2D eigenvalue weighted by molar-refractivity contribution is -0.119. The van der Waals surface area contributed by atoms with Gasteiger partial charge in [0.05, 0.1) is 28.4 Å². The summed E-state index contributed by atoms with van der Waals surface area (Å²) in [7, 11) is 0. The number of carbonyl (C=O) groups is 1. The third-order valence-corrected chi connectivity index (χ3v) is 6.19.